The molecule has 128 valence electrons. The Morgan fingerprint density at radius 2 is 2.22 bits per heavy atom. The molecular weight excluding hydrogens is 296 g/mol. The van der Waals surface area contributed by atoms with Crippen LogP contribution in [0.25, 0.3) is 0 Å². The van der Waals surface area contributed by atoms with Crippen molar-refractivity contribution in [3.8, 4) is 5.75 Å². The lowest BCUT2D eigenvalue weighted by molar-refractivity contribution is -0.116. The molecule has 0 bridgehead atoms. The van der Waals surface area contributed by atoms with Crippen molar-refractivity contribution in [3.05, 3.63) is 23.8 Å². The summed E-state index contributed by atoms with van der Waals surface area (Å²) in [5.74, 6) is 0.668. The molecule has 1 heterocycles. The molecule has 1 aliphatic heterocycles. The van der Waals surface area contributed by atoms with E-state index >= 15 is 0 Å². The van der Waals surface area contributed by atoms with Gasteiger partial charge >= 0.3 is 0 Å². The van der Waals surface area contributed by atoms with Crippen LogP contribution in [0.15, 0.2) is 18.2 Å². The van der Waals surface area contributed by atoms with Gasteiger partial charge in [0.2, 0.25) is 5.91 Å². The lowest BCUT2D eigenvalue weighted by Gasteiger charge is -2.27. The van der Waals surface area contributed by atoms with Crippen LogP contribution in [0, 0.1) is 0 Å². The quantitative estimate of drug-likeness (QED) is 0.666. The van der Waals surface area contributed by atoms with E-state index in [0.29, 0.717) is 18.6 Å². The first-order valence-electron chi connectivity index (χ1n) is 8.03. The molecule has 0 aliphatic carbocycles. The van der Waals surface area contributed by atoms with Gasteiger partial charge in [0, 0.05) is 31.2 Å². The van der Waals surface area contributed by atoms with Crippen molar-refractivity contribution in [2.75, 3.05) is 19.0 Å². The molecule has 2 rings (SSSR count). The molecule has 0 aromatic heterocycles. The topological polar surface area (TPSA) is 93.8 Å². The highest BCUT2D eigenvalue weighted by molar-refractivity contribution is 5.92. The standard InChI is InChI=1S/C17H26N2O4/c1-3-12(22-2)10-17(18,21)11-23-15-8-5-7-14-13(15)6-4-9-16(20)19-14/h5,7-8,12,21H,3-4,6,9-11,18H2,1-2H3,(H,19,20). The van der Waals surface area contributed by atoms with Gasteiger partial charge < -0.3 is 25.6 Å². The number of carbonyl (C=O) groups excluding carboxylic acids is 1. The van der Waals surface area contributed by atoms with Crippen molar-refractivity contribution in [3.63, 3.8) is 0 Å². The van der Waals surface area contributed by atoms with Gasteiger partial charge in [0.15, 0.2) is 0 Å². The minimum Gasteiger partial charge on any atom is -0.489 e. The summed E-state index contributed by atoms with van der Waals surface area (Å²) in [5.41, 5.74) is 6.19. The van der Waals surface area contributed by atoms with Crippen LogP contribution in [0.1, 0.15) is 38.2 Å². The average molecular weight is 322 g/mol. The first-order chi connectivity index (χ1) is 10.9. The molecule has 2 unspecified atom stereocenters. The Kier molecular flexibility index (Phi) is 5.98. The predicted molar refractivity (Wildman–Crippen MR) is 88.3 cm³/mol. The van der Waals surface area contributed by atoms with Gasteiger partial charge in [-0.3, -0.25) is 4.79 Å². The summed E-state index contributed by atoms with van der Waals surface area (Å²) in [7, 11) is 1.60. The molecule has 0 fully saturated rings. The Morgan fingerprint density at radius 3 is 2.91 bits per heavy atom. The molecule has 0 saturated heterocycles. The number of benzene rings is 1. The number of anilines is 1. The van der Waals surface area contributed by atoms with Crippen molar-refractivity contribution < 1.29 is 19.4 Å². The zero-order chi connectivity index (χ0) is 16.9. The number of nitrogens with two attached hydrogens (primary N) is 1. The molecule has 1 aliphatic rings. The van der Waals surface area contributed by atoms with Crippen LogP contribution in [-0.2, 0) is 16.0 Å². The van der Waals surface area contributed by atoms with Gasteiger partial charge in [-0.25, -0.2) is 0 Å². The average Bonchev–Trinajstić information content (AvgIpc) is 2.71. The third kappa shape index (κ3) is 4.92. The molecule has 1 aromatic rings. The summed E-state index contributed by atoms with van der Waals surface area (Å²) < 4.78 is 11.0. The molecule has 4 N–H and O–H groups in total. The number of hydrogen-bond acceptors (Lipinski definition) is 5. The fraction of sp³-hybridized carbons (Fsp3) is 0.588. The Morgan fingerprint density at radius 1 is 1.43 bits per heavy atom. The number of carbonyl (C=O) groups is 1. The van der Waals surface area contributed by atoms with E-state index < -0.39 is 5.72 Å². The van der Waals surface area contributed by atoms with Crippen molar-refractivity contribution in [2.24, 2.45) is 5.73 Å². The normalized spacial score (nSPS) is 18.3. The van der Waals surface area contributed by atoms with Gasteiger partial charge in [-0.05, 0) is 31.4 Å². The van der Waals surface area contributed by atoms with Crippen LogP contribution >= 0.6 is 0 Å². The summed E-state index contributed by atoms with van der Waals surface area (Å²) in [4.78, 5) is 11.6. The summed E-state index contributed by atoms with van der Waals surface area (Å²) in [5, 5.41) is 13.2. The zero-order valence-corrected chi connectivity index (χ0v) is 13.8. The van der Waals surface area contributed by atoms with E-state index in [9.17, 15) is 9.90 Å². The number of ether oxygens (including phenoxy) is 2. The van der Waals surface area contributed by atoms with E-state index in [2.05, 4.69) is 5.32 Å². The summed E-state index contributed by atoms with van der Waals surface area (Å²) >= 11 is 0. The van der Waals surface area contributed by atoms with Crippen molar-refractivity contribution in [1.82, 2.24) is 0 Å². The number of aliphatic hydroxyl groups is 1. The number of fused-ring (bicyclic) bond motifs is 1. The fourth-order valence-electron chi connectivity index (χ4n) is 2.76. The molecular formula is C17H26N2O4. The highest BCUT2D eigenvalue weighted by Crippen LogP contribution is 2.31. The molecule has 1 aromatic carbocycles. The van der Waals surface area contributed by atoms with Gasteiger partial charge in [0.1, 0.15) is 18.1 Å². The molecule has 23 heavy (non-hydrogen) atoms. The van der Waals surface area contributed by atoms with Gasteiger partial charge in [-0.2, -0.15) is 0 Å². The van der Waals surface area contributed by atoms with Crippen LogP contribution in [0.3, 0.4) is 0 Å². The first kappa shape index (κ1) is 17.7. The molecule has 0 saturated carbocycles. The first-order valence-corrected chi connectivity index (χ1v) is 8.03. The van der Waals surface area contributed by atoms with Crippen molar-refractivity contribution in [2.45, 2.75) is 50.9 Å². The predicted octanol–water partition coefficient (Wildman–Crippen LogP) is 1.80. The number of amides is 1. The lowest BCUT2D eigenvalue weighted by atomic mass is 10.0. The maximum Gasteiger partial charge on any atom is 0.224 e. The monoisotopic (exact) mass is 322 g/mol. The Balaban J connectivity index is 2.06. The molecule has 6 nitrogen and oxygen atoms in total. The second kappa shape index (κ2) is 7.77. The van der Waals surface area contributed by atoms with E-state index in [-0.39, 0.29) is 18.6 Å². The number of nitrogens with one attached hydrogen (secondary N) is 1. The van der Waals surface area contributed by atoms with E-state index in [4.69, 9.17) is 15.2 Å². The van der Waals surface area contributed by atoms with Crippen molar-refractivity contribution in [1.29, 1.82) is 0 Å². The molecule has 0 radical (unpaired) electrons. The molecule has 2 atom stereocenters. The largest absolute Gasteiger partial charge is 0.489 e. The third-order valence-electron chi connectivity index (χ3n) is 4.09. The second-order valence-electron chi connectivity index (χ2n) is 6.05. The minimum absolute atomic E-state index is 0.0158. The SMILES string of the molecule is CCC(CC(N)(O)COc1cccc2c1CCCC(=O)N2)OC. The van der Waals surface area contributed by atoms with E-state index in [1.165, 1.54) is 0 Å². The summed E-state index contributed by atoms with van der Waals surface area (Å²) in [6.45, 7) is 1.95. The maximum absolute atomic E-state index is 11.6. The van der Waals surface area contributed by atoms with Gasteiger partial charge in [-0.15, -0.1) is 0 Å². The third-order valence-corrected chi connectivity index (χ3v) is 4.09. The Bertz CT molecular complexity index is 541. The summed E-state index contributed by atoms with van der Waals surface area (Å²) in [6.07, 6.45) is 2.98. The lowest BCUT2D eigenvalue weighted by Crippen LogP contribution is -2.48. The van der Waals surface area contributed by atoms with Crippen LogP contribution in [0.4, 0.5) is 5.69 Å². The smallest absolute Gasteiger partial charge is 0.224 e. The van der Waals surface area contributed by atoms with E-state index in [0.717, 1.165) is 30.5 Å². The molecule has 1 amide bonds. The van der Waals surface area contributed by atoms with Crippen LogP contribution in [-0.4, -0.2) is 36.6 Å². The van der Waals surface area contributed by atoms with Crippen LogP contribution in [0.2, 0.25) is 0 Å². The number of rotatable bonds is 7. The zero-order valence-electron chi connectivity index (χ0n) is 13.8. The number of hydrogen-bond donors (Lipinski definition) is 3. The van der Waals surface area contributed by atoms with Gasteiger partial charge in [-0.1, -0.05) is 13.0 Å². The van der Waals surface area contributed by atoms with Gasteiger partial charge in [0.25, 0.3) is 0 Å². The highest BCUT2D eigenvalue weighted by atomic mass is 16.5. The van der Waals surface area contributed by atoms with Gasteiger partial charge in [0.05, 0.1) is 6.10 Å². The number of methoxy groups -OCH3 is 1. The van der Waals surface area contributed by atoms with Crippen LogP contribution < -0.4 is 15.8 Å². The summed E-state index contributed by atoms with van der Waals surface area (Å²) in [6, 6.07) is 5.51. The Labute approximate surface area is 137 Å². The fourth-order valence-corrected chi connectivity index (χ4v) is 2.76. The molecule has 0 spiro atoms. The Hall–Kier alpha value is -1.63. The van der Waals surface area contributed by atoms with Crippen LogP contribution in [0.5, 0.6) is 5.75 Å². The highest BCUT2D eigenvalue weighted by Gasteiger charge is 2.27. The maximum atomic E-state index is 11.6. The van der Waals surface area contributed by atoms with E-state index in [1.807, 2.05) is 25.1 Å². The molecule has 6 heteroatoms. The van der Waals surface area contributed by atoms with Crippen molar-refractivity contribution >= 4 is 11.6 Å². The second-order valence-corrected chi connectivity index (χ2v) is 6.05. The van der Waals surface area contributed by atoms with E-state index in [1.54, 1.807) is 7.11 Å². The minimum atomic E-state index is -1.46.